The van der Waals surface area contributed by atoms with Crippen LogP contribution in [-0.4, -0.2) is 6.03 Å². The van der Waals surface area contributed by atoms with E-state index in [4.69, 9.17) is 0 Å². The molecule has 3 heteroatoms. The van der Waals surface area contributed by atoms with Crippen molar-refractivity contribution >= 4 is 11.7 Å². The van der Waals surface area contributed by atoms with Gasteiger partial charge in [-0.05, 0) is 45.2 Å². The third kappa shape index (κ3) is 3.91. The van der Waals surface area contributed by atoms with Gasteiger partial charge in [-0.15, -0.1) is 0 Å². The first-order valence-corrected chi connectivity index (χ1v) is 6.25. The molecule has 1 aromatic carbocycles. The van der Waals surface area contributed by atoms with E-state index >= 15 is 0 Å². The Kier molecular flexibility index (Phi) is 4.95. The van der Waals surface area contributed by atoms with Crippen molar-refractivity contribution in [1.29, 1.82) is 0 Å². The standard InChI is InChI=1S/C15H22N2O/c1-6-10(2)9-16-15(18)17-14-12(4)7-11(3)8-13(14)5/h7-9H,6H2,1-5H3,(H2,16,17,18)/b10-9+. The molecule has 0 aliphatic rings. The molecule has 0 aromatic heterocycles. The zero-order chi connectivity index (χ0) is 13.7. The van der Waals surface area contributed by atoms with Crippen molar-refractivity contribution in [2.45, 2.75) is 41.0 Å². The molecule has 0 unspecified atom stereocenters. The van der Waals surface area contributed by atoms with Crippen molar-refractivity contribution in [2.24, 2.45) is 0 Å². The number of hydrogen-bond donors (Lipinski definition) is 2. The van der Waals surface area contributed by atoms with Crippen LogP contribution in [0.1, 0.15) is 37.0 Å². The minimum Gasteiger partial charge on any atom is -0.314 e. The quantitative estimate of drug-likeness (QED) is 0.830. The Balaban J connectivity index is 2.77. The maximum absolute atomic E-state index is 11.8. The van der Waals surface area contributed by atoms with E-state index in [1.807, 2.05) is 20.8 Å². The second-order valence-corrected chi connectivity index (χ2v) is 4.72. The van der Waals surface area contributed by atoms with Crippen LogP contribution in [0.15, 0.2) is 23.9 Å². The van der Waals surface area contributed by atoms with Crippen molar-refractivity contribution in [3.8, 4) is 0 Å². The molecular weight excluding hydrogens is 224 g/mol. The lowest BCUT2D eigenvalue weighted by atomic mass is 10.1. The Morgan fingerprint density at radius 2 is 1.78 bits per heavy atom. The van der Waals surface area contributed by atoms with E-state index < -0.39 is 0 Å². The van der Waals surface area contributed by atoms with E-state index in [9.17, 15) is 4.79 Å². The van der Waals surface area contributed by atoms with Crippen molar-refractivity contribution < 1.29 is 4.79 Å². The van der Waals surface area contributed by atoms with Gasteiger partial charge in [-0.25, -0.2) is 4.79 Å². The van der Waals surface area contributed by atoms with Crippen molar-refractivity contribution in [3.05, 3.63) is 40.6 Å². The van der Waals surface area contributed by atoms with E-state index in [0.29, 0.717) is 0 Å². The zero-order valence-corrected chi connectivity index (χ0v) is 11.8. The first-order valence-electron chi connectivity index (χ1n) is 6.25. The van der Waals surface area contributed by atoms with Crippen LogP contribution in [0.2, 0.25) is 0 Å². The number of amides is 2. The fourth-order valence-electron chi connectivity index (χ4n) is 1.82. The lowest BCUT2D eigenvalue weighted by molar-refractivity contribution is 0.255. The van der Waals surface area contributed by atoms with Gasteiger partial charge in [0.05, 0.1) is 0 Å². The molecule has 0 fully saturated rings. The smallest absolute Gasteiger partial charge is 0.314 e. The molecule has 98 valence electrons. The fraction of sp³-hybridized carbons (Fsp3) is 0.400. The highest BCUT2D eigenvalue weighted by molar-refractivity contribution is 5.91. The van der Waals surface area contributed by atoms with Gasteiger partial charge in [-0.3, -0.25) is 0 Å². The minimum absolute atomic E-state index is 0.196. The van der Waals surface area contributed by atoms with Crippen molar-refractivity contribution in [3.63, 3.8) is 0 Å². The number of benzene rings is 1. The number of carbonyl (C=O) groups is 1. The Hall–Kier alpha value is -1.77. The lowest BCUT2D eigenvalue weighted by Gasteiger charge is -2.12. The molecule has 0 spiro atoms. The molecule has 3 nitrogen and oxygen atoms in total. The third-order valence-corrected chi connectivity index (χ3v) is 2.92. The molecule has 0 saturated heterocycles. The van der Waals surface area contributed by atoms with E-state index in [1.165, 1.54) is 5.56 Å². The van der Waals surface area contributed by atoms with Gasteiger partial charge in [0.15, 0.2) is 0 Å². The highest BCUT2D eigenvalue weighted by Crippen LogP contribution is 2.21. The average Bonchev–Trinajstić information content (AvgIpc) is 2.30. The van der Waals surface area contributed by atoms with E-state index in [0.717, 1.165) is 28.8 Å². The summed E-state index contributed by atoms with van der Waals surface area (Å²) < 4.78 is 0. The van der Waals surface area contributed by atoms with Crippen LogP contribution >= 0.6 is 0 Å². The van der Waals surface area contributed by atoms with Crippen LogP contribution in [0, 0.1) is 20.8 Å². The molecule has 2 amide bonds. The second kappa shape index (κ2) is 6.24. The number of aryl methyl sites for hydroxylation is 3. The normalized spacial score (nSPS) is 11.3. The van der Waals surface area contributed by atoms with Gasteiger partial charge in [0.2, 0.25) is 0 Å². The van der Waals surface area contributed by atoms with Crippen LogP contribution < -0.4 is 10.6 Å². The number of anilines is 1. The highest BCUT2D eigenvalue weighted by Gasteiger charge is 2.06. The molecule has 1 rings (SSSR count). The maximum Gasteiger partial charge on any atom is 0.323 e. The van der Waals surface area contributed by atoms with E-state index in [2.05, 4.69) is 36.6 Å². The van der Waals surface area contributed by atoms with Crippen LogP contribution in [-0.2, 0) is 0 Å². The van der Waals surface area contributed by atoms with Gasteiger partial charge in [0, 0.05) is 11.9 Å². The summed E-state index contributed by atoms with van der Waals surface area (Å²) in [6.45, 7) is 10.1. The zero-order valence-electron chi connectivity index (χ0n) is 11.8. The van der Waals surface area contributed by atoms with Crippen LogP contribution in [0.5, 0.6) is 0 Å². The number of allylic oxidation sites excluding steroid dienone is 1. The fourth-order valence-corrected chi connectivity index (χ4v) is 1.82. The Morgan fingerprint density at radius 3 is 2.28 bits per heavy atom. The first kappa shape index (κ1) is 14.3. The molecule has 0 aliphatic heterocycles. The molecule has 1 aromatic rings. The number of urea groups is 1. The van der Waals surface area contributed by atoms with Gasteiger partial charge in [-0.2, -0.15) is 0 Å². The number of nitrogens with one attached hydrogen (secondary N) is 2. The summed E-state index contributed by atoms with van der Waals surface area (Å²) in [6, 6.07) is 3.93. The topological polar surface area (TPSA) is 41.1 Å². The molecular formula is C15H22N2O. The molecule has 0 atom stereocenters. The molecule has 0 radical (unpaired) electrons. The summed E-state index contributed by atoms with van der Waals surface area (Å²) in [5.74, 6) is 0. The van der Waals surface area contributed by atoms with Crippen LogP contribution in [0.4, 0.5) is 10.5 Å². The molecule has 2 N–H and O–H groups in total. The monoisotopic (exact) mass is 246 g/mol. The average molecular weight is 246 g/mol. The SMILES string of the molecule is CC/C(C)=C/NC(=O)Nc1c(C)cc(C)cc1C. The molecule has 18 heavy (non-hydrogen) atoms. The number of hydrogen-bond acceptors (Lipinski definition) is 1. The van der Waals surface area contributed by atoms with Crippen molar-refractivity contribution in [2.75, 3.05) is 5.32 Å². The summed E-state index contributed by atoms with van der Waals surface area (Å²) in [5, 5.41) is 5.63. The molecule has 0 bridgehead atoms. The predicted molar refractivity (Wildman–Crippen MR) is 76.9 cm³/mol. The highest BCUT2D eigenvalue weighted by atomic mass is 16.2. The van der Waals surface area contributed by atoms with Gasteiger partial charge < -0.3 is 10.6 Å². The number of carbonyl (C=O) groups excluding carboxylic acids is 1. The van der Waals surface area contributed by atoms with Gasteiger partial charge in [-0.1, -0.05) is 30.2 Å². The summed E-state index contributed by atoms with van der Waals surface area (Å²) in [5.41, 5.74) is 5.40. The third-order valence-electron chi connectivity index (χ3n) is 2.92. The summed E-state index contributed by atoms with van der Waals surface area (Å²) in [4.78, 5) is 11.8. The maximum atomic E-state index is 11.8. The van der Waals surface area contributed by atoms with Gasteiger partial charge >= 0.3 is 6.03 Å². The lowest BCUT2D eigenvalue weighted by Crippen LogP contribution is -2.25. The van der Waals surface area contributed by atoms with E-state index in [1.54, 1.807) is 6.20 Å². The molecule has 0 aliphatic carbocycles. The Morgan fingerprint density at radius 1 is 1.22 bits per heavy atom. The first-order chi connectivity index (χ1) is 8.43. The van der Waals surface area contributed by atoms with Gasteiger partial charge in [0.25, 0.3) is 0 Å². The Labute approximate surface area is 109 Å². The Bertz CT molecular complexity index is 452. The van der Waals surface area contributed by atoms with Crippen LogP contribution in [0.25, 0.3) is 0 Å². The predicted octanol–water partition coefficient (Wildman–Crippen LogP) is 4.05. The summed E-state index contributed by atoms with van der Waals surface area (Å²) >= 11 is 0. The molecule has 0 heterocycles. The second-order valence-electron chi connectivity index (χ2n) is 4.72. The molecule has 0 saturated carbocycles. The number of rotatable bonds is 3. The summed E-state index contributed by atoms with van der Waals surface area (Å²) in [6.07, 6.45) is 2.68. The van der Waals surface area contributed by atoms with E-state index in [-0.39, 0.29) is 6.03 Å². The van der Waals surface area contributed by atoms with Crippen LogP contribution in [0.3, 0.4) is 0 Å². The van der Waals surface area contributed by atoms with Gasteiger partial charge in [0.1, 0.15) is 0 Å². The summed E-state index contributed by atoms with van der Waals surface area (Å²) in [7, 11) is 0. The minimum atomic E-state index is -0.196. The van der Waals surface area contributed by atoms with Crippen molar-refractivity contribution in [1.82, 2.24) is 5.32 Å². The largest absolute Gasteiger partial charge is 0.323 e.